The van der Waals surface area contributed by atoms with Crippen LogP contribution in [0.3, 0.4) is 0 Å². The Balaban J connectivity index is 2.06. The number of aromatic amines is 1. The Hall–Kier alpha value is -2.23. The van der Waals surface area contributed by atoms with E-state index in [1.807, 2.05) is 12.1 Å². The topological polar surface area (TPSA) is 58.6 Å². The van der Waals surface area contributed by atoms with Gasteiger partial charge in [-0.05, 0) is 36.5 Å². The van der Waals surface area contributed by atoms with Crippen molar-refractivity contribution in [3.05, 3.63) is 41.6 Å². The minimum atomic E-state index is -0.0238. The van der Waals surface area contributed by atoms with Gasteiger partial charge in [-0.25, -0.2) is 0 Å². The largest absolute Gasteiger partial charge is 0.295 e. The predicted molar refractivity (Wildman–Crippen MR) is 82.6 cm³/mol. The monoisotopic (exact) mass is 281 g/mol. The van der Waals surface area contributed by atoms with Crippen molar-refractivity contribution < 1.29 is 4.79 Å². The van der Waals surface area contributed by atoms with Crippen LogP contribution in [0.25, 0.3) is 16.8 Å². The number of carbonyl (C=O) groups excluding carboxylic acids is 1. The van der Waals surface area contributed by atoms with E-state index >= 15 is 0 Å². The van der Waals surface area contributed by atoms with E-state index in [-0.39, 0.29) is 11.2 Å². The minimum absolute atomic E-state index is 0.0238. The standard InChI is InChI=1S/C17H19N3O/c1-11-5-4-6-12(7-11)15-16(19-20-18-15)13-8-14(21)10-17(2,3)9-13/h4-8H,9-10H2,1-3H3,(H,18,19,20). The molecule has 1 N–H and O–H groups in total. The summed E-state index contributed by atoms with van der Waals surface area (Å²) >= 11 is 0. The van der Waals surface area contributed by atoms with Crippen LogP contribution >= 0.6 is 0 Å². The third-order valence-electron chi connectivity index (χ3n) is 3.80. The molecule has 0 bridgehead atoms. The van der Waals surface area contributed by atoms with Gasteiger partial charge in [0.2, 0.25) is 0 Å². The summed E-state index contributed by atoms with van der Waals surface area (Å²) in [5.74, 6) is 0.166. The van der Waals surface area contributed by atoms with Gasteiger partial charge in [-0.15, -0.1) is 0 Å². The molecule has 0 atom stereocenters. The smallest absolute Gasteiger partial charge is 0.156 e. The fraction of sp³-hybridized carbons (Fsp3) is 0.353. The molecule has 1 aromatic heterocycles. The molecule has 0 amide bonds. The van der Waals surface area contributed by atoms with E-state index < -0.39 is 0 Å². The summed E-state index contributed by atoms with van der Waals surface area (Å²) in [5.41, 5.74) is 4.76. The average molecular weight is 281 g/mol. The summed E-state index contributed by atoms with van der Waals surface area (Å²) in [6.45, 7) is 6.28. The quantitative estimate of drug-likeness (QED) is 0.915. The Morgan fingerprint density at radius 2 is 1.90 bits per heavy atom. The van der Waals surface area contributed by atoms with E-state index in [0.29, 0.717) is 6.42 Å². The number of aromatic nitrogens is 3. The first kappa shape index (κ1) is 13.7. The second-order valence-electron chi connectivity index (χ2n) is 6.54. The molecule has 1 heterocycles. The Bertz CT molecular complexity index is 725. The van der Waals surface area contributed by atoms with E-state index in [0.717, 1.165) is 28.9 Å². The Kier molecular flexibility index (Phi) is 3.24. The van der Waals surface area contributed by atoms with E-state index in [4.69, 9.17) is 0 Å². The van der Waals surface area contributed by atoms with Gasteiger partial charge in [-0.3, -0.25) is 4.79 Å². The third-order valence-corrected chi connectivity index (χ3v) is 3.80. The van der Waals surface area contributed by atoms with Crippen LogP contribution in [0.2, 0.25) is 0 Å². The lowest BCUT2D eigenvalue weighted by Crippen LogP contribution is -2.21. The van der Waals surface area contributed by atoms with Crippen LogP contribution in [0.1, 0.15) is 37.9 Å². The van der Waals surface area contributed by atoms with Crippen LogP contribution in [0, 0.1) is 12.3 Å². The molecule has 108 valence electrons. The maximum absolute atomic E-state index is 12.0. The summed E-state index contributed by atoms with van der Waals surface area (Å²) < 4.78 is 0. The normalized spacial score (nSPS) is 17.7. The van der Waals surface area contributed by atoms with Gasteiger partial charge in [0.15, 0.2) is 5.78 Å². The van der Waals surface area contributed by atoms with Crippen molar-refractivity contribution >= 4 is 11.4 Å². The molecular weight excluding hydrogens is 262 g/mol. The number of benzene rings is 1. The van der Waals surface area contributed by atoms with Gasteiger partial charge in [-0.2, -0.15) is 15.4 Å². The molecule has 0 saturated carbocycles. The van der Waals surface area contributed by atoms with Crippen molar-refractivity contribution in [1.29, 1.82) is 0 Å². The highest BCUT2D eigenvalue weighted by molar-refractivity contribution is 5.99. The first-order valence-corrected chi connectivity index (χ1v) is 7.16. The highest BCUT2D eigenvalue weighted by atomic mass is 16.1. The zero-order valence-electron chi connectivity index (χ0n) is 12.6. The Morgan fingerprint density at radius 1 is 1.14 bits per heavy atom. The van der Waals surface area contributed by atoms with Crippen molar-refractivity contribution in [2.75, 3.05) is 0 Å². The molecular formula is C17H19N3O. The molecule has 0 unspecified atom stereocenters. The number of aryl methyl sites for hydroxylation is 1. The van der Waals surface area contributed by atoms with Crippen molar-refractivity contribution in [3.8, 4) is 11.3 Å². The van der Waals surface area contributed by atoms with Crippen LogP contribution in [-0.4, -0.2) is 21.2 Å². The van der Waals surface area contributed by atoms with Gasteiger partial charge >= 0.3 is 0 Å². The van der Waals surface area contributed by atoms with E-state index in [1.165, 1.54) is 5.56 Å². The SMILES string of the molecule is Cc1cccc(-c2n[nH]nc2C2=CC(=O)CC(C)(C)C2)c1. The number of H-pyrrole nitrogens is 1. The molecule has 0 aliphatic heterocycles. The highest BCUT2D eigenvalue weighted by Crippen LogP contribution is 2.39. The fourth-order valence-corrected chi connectivity index (χ4v) is 2.95. The summed E-state index contributed by atoms with van der Waals surface area (Å²) in [5, 5.41) is 11.3. The average Bonchev–Trinajstić information content (AvgIpc) is 2.85. The number of allylic oxidation sites excluding steroid dienone is 2. The number of nitrogens with one attached hydrogen (secondary N) is 1. The zero-order chi connectivity index (χ0) is 15.0. The van der Waals surface area contributed by atoms with Gasteiger partial charge in [0.05, 0.1) is 0 Å². The minimum Gasteiger partial charge on any atom is -0.295 e. The molecule has 4 nitrogen and oxygen atoms in total. The second-order valence-corrected chi connectivity index (χ2v) is 6.54. The Labute approximate surface area is 124 Å². The Morgan fingerprint density at radius 3 is 2.62 bits per heavy atom. The number of ketones is 1. The summed E-state index contributed by atoms with van der Waals surface area (Å²) in [7, 11) is 0. The van der Waals surface area contributed by atoms with E-state index in [9.17, 15) is 4.79 Å². The highest BCUT2D eigenvalue weighted by Gasteiger charge is 2.30. The number of nitrogens with zero attached hydrogens (tertiary/aromatic N) is 2. The summed E-state index contributed by atoms with van der Waals surface area (Å²) in [4.78, 5) is 12.0. The van der Waals surface area contributed by atoms with Crippen LogP contribution in [0.4, 0.5) is 0 Å². The lowest BCUT2D eigenvalue weighted by atomic mass is 9.75. The molecule has 1 aromatic carbocycles. The zero-order valence-corrected chi connectivity index (χ0v) is 12.6. The van der Waals surface area contributed by atoms with Crippen LogP contribution in [-0.2, 0) is 4.79 Å². The lowest BCUT2D eigenvalue weighted by Gasteiger charge is -2.28. The molecule has 4 heteroatoms. The molecule has 21 heavy (non-hydrogen) atoms. The number of rotatable bonds is 2. The molecule has 0 radical (unpaired) electrons. The number of hydrogen-bond acceptors (Lipinski definition) is 3. The molecule has 0 fully saturated rings. The first-order chi connectivity index (χ1) is 9.94. The molecule has 0 spiro atoms. The van der Waals surface area contributed by atoms with Crippen LogP contribution < -0.4 is 0 Å². The van der Waals surface area contributed by atoms with Crippen LogP contribution in [0.15, 0.2) is 30.3 Å². The van der Waals surface area contributed by atoms with Crippen molar-refractivity contribution in [2.45, 2.75) is 33.6 Å². The molecule has 1 aliphatic rings. The number of carbonyl (C=O) groups is 1. The van der Waals surface area contributed by atoms with E-state index in [2.05, 4.69) is 48.3 Å². The van der Waals surface area contributed by atoms with Crippen molar-refractivity contribution in [2.24, 2.45) is 5.41 Å². The van der Waals surface area contributed by atoms with Gasteiger partial charge in [0.25, 0.3) is 0 Å². The maximum atomic E-state index is 12.0. The third kappa shape index (κ3) is 2.79. The van der Waals surface area contributed by atoms with Gasteiger partial charge in [0, 0.05) is 12.0 Å². The summed E-state index contributed by atoms with van der Waals surface area (Å²) in [6.07, 6.45) is 3.15. The first-order valence-electron chi connectivity index (χ1n) is 7.16. The fourth-order valence-electron chi connectivity index (χ4n) is 2.95. The van der Waals surface area contributed by atoms with Crippen molar-refractivity contribution in [3.63, 3.8) is 0 Å². The molecule has 1 aliphatic carbocycles. The molecule has 0 saturated heterocycles. The maximum Gasteiger partial charge on any atom is 0.156 e. The van der Waals surface area contributed by atoms with Gasteiger partial charge in [-0.1, -0.05) is 37.6 Å². The van der Waals surface area contributed by atoms with Gasteiger partial charge in [0.1, 0.15) is 11.4 Å². The predicted octanol–water partition coefficient (Wildman–Crippen LogP) is 3.55. The van der Waals surface area contributed by atoms with Crippen molar-refractivity contribution in [1.82, 2.24) is 15.4 Å². The van der Waals surface area contributed by atoms with Crippen LogP contribution in [0.5, 0.6) is 0 Å². The summed E-state index contributed by atoms with van der Waals surface area (Å²) in [6, 6.07) is 8.16. The lowest BCUT2D eigenvalue weighted by molar-refractivity contribution is -0.116. The molecule has 3 rings (SSSR count). The van der Waals surface area contributed by atoms with E-state index in [1.54, 1.807) is 6.08 Å². The molecule has 2 aromatic rings. The number of hydrogen-bond donors (Lipinski definition) is 1. The second kappa shape index (κ2) is 4.95. The van der Waals surface area contributed by atoms with Gasteiger partial charge < -0.3 is 0 Å².